The average molecular weight is 397 g/mol. The highest BCUT2D eigenvalue weighted by molar-refractivity contribution is 7.20. The summed E-state index contributed by atoms with van der Waals surface area (Å²) >= 11 is 1.28. The average Bonchev–Trinajstić information content (AvgIpc) is 3.05. The number of hydrogen-bond acceptors (Lipinski definition) is 5. The van der Waals surface area contributed by atoms with E-state index in [2.05, 4.69) is 39.5 Å². The maximum atomic E-state index is 12.6. The highest BCUT2D eigenvalue weighted by atomic mass is 32.1. The lowest BCUT2D eigenvalue weighted by Crippen LogP contribution is -2.33. The molecule has 0 aliphatic carbocycles. The zero-order chi connectivity index (χ0) is 19.7. The molecule has 28 heavy (non-hydrogen) atoms. The minimum atomic E-state index is -0.124. The van der Waals surface area contributed by atoms with E-state index in [1.54, 1.807) is 7.05 Å². The van der Waals surface area contributed by atoms with Crippen LogP contribution in [0.5, 0.6) is 0 Å². The van der Waals surface area contributed by atoms with Crippen LogP contribution in [0.4, 0.5) is 5.69 Å². The van der Waals surface area contributed by atoms with Gasteiger partial charge in [0.15, 0.2) is 0 Å². The number of carbonyl (C=O) groups is 1. The smallest absolute Gasteiger partial charge is 0.262 e. The van der Waals surface area contributed by atoms with Gasteiger partial charge in [0.25, 0.3) is 11.5 Å². The number of benzene rings is 1. The molecule has 0 fully saturated rings. The summed E-state index contributed by atoms with van der Waals surface area (Å²) in [4.78, 5) is 32.8. The summed E-state index contributed by atoms with van der Waals surface area (Å²) in [6.45, 7) is 4.41. The van der Waals surface area contributed by atoms with Gasteiger partial charge in [-0.05, 0) is 43.4 Å². The van der Waals surface area contributed by atoms with Crippen molar-refractivity contribution in [1.29, 1.82) is 0 Å². The fraction of sp³-hybridized carbons (Fsp3) is 0.381. The number of aryl methyl sites for hydroxylation is 3. The van der Waals surface area contributed by atoms with Gasteiger partial charge in [-0.15, -0.1) is 11.3 Å². The van der Waals surface area contributed by atoms with Crippen LogP contribution >= 0.6 is 11.3 Å². The number of amides is 1. The summed E-state index contributed by atoms with van der Waals surface area (Å²) < 4.78 is 1.44. The van der Waals surface area contributed by atoms with Gasteiger partial charge >= 0.3 is 0 Å². The molecule has 2 aromatic heterocycles. The van der Waals surface area contributed by atoms with Crippen molar-refractivity contribution in [3.05, 3.63) is 57.0 Å². The first-order valence-corrected chi connectivity index (χ1v) is 10.4. The Bertz CT molecular complexity index is 1090. The van der Waals surface area contributed by atoms with Crippen LogP contribution in [-0.2, 0) is 13.5 Å². The van der Waals surface area contributed by atoms with E-state index in [9.17, 15) is 9.59 Å². The number of carbonyl (C=O) groups excluding carboxylic acids is 1. The number of anilines is 1. The molecule has 3 heterocycles. The van der Waals surface area contributed by atoms with Crippen LogP contribution in [0.15, 0.2) is 35.4 Å². The summed E-state index contributed by atoms with van der Waals surface area (Å²) in [5.74, 6) is -0.124. The second-order valence-electron chi connectivity index (χ2n) is 7.23. The van der Waals surface area contributed by atoms with Gasteiger partial charge in [-0.1, -0.05) is 18.2 Å². The van der Waals surface area contributed by atoms with Crippen LogP contribution in [0, 0.1) is 6.92 Å². The van der Waals surface area contributed by atoms with Gasteiger partial charge in [0, 0.05) is 32.4 Å². The molecule has 4 rings (SSSR count). The highest BCUT2D eigenvalue weighted by Crippen LogP contribution is 2.27. The summed E-state index contributed by atoms with van der Waals surface area (Å²) in [5.41, 5.74) is 3.34. The number of fused-ring (bicyclic) bond motifs is 2. The van der Waals surface area contributed by atoms with Gasteiger partial charge < -0.3 is 14.8 Å². The molecule has 146 valence electrons. The van der Waals surface area contributed by atoms with E-state index in [1.165, 1.54) is 39.9 Å². The molecule has 3 aromatic rings. The quantitative estimate of drug-likeness (QED) is 0.674. The molecule has 6 nitrogen and oxygen atoms in total. The van der Waals surface area contributed by atoms with Gasteiger partial charge in [0.1, 0.15) is 4.83 Å². The van der Waals surface area contributed by atoms with E-state index in [1.807, 2.05) is 6.92 Å². The molecule has 0 bridgehead atoms. The van der Waals surface area contributed by atoms with E-state index >= 15 is 0 Å². The molecule has 0 atom stereocenters. The molecule has 7 heteroatoms. The van der Waals surface area contributed by atoms with Crippen LogP contribution in [0.3, 0.4) is 0 Å². The van der Waals surface area contributed by atoms with Crippen LogP contribution in [0.2, 0.25) is 0 Å². The number of para-hydroxylation sites is 1. The number of rotatable bonds is 5. The molecule has 1 aliphatic rings. The molecule has 1 aliphatic heterocycles. The van der Waals surface area contributed by atoms with Crippen LogP contribution in [0.1, 0.15) is 33.6 Å². The van der Waals surface area contributed by atoms with E-state index in [0.29, 0.717) is 21.6 Å². The third kappa shape index (κ3) is 3.42. The van der Waals surface area contributed by atoms with Crippen LogP contribution in [-0.4, -0.2) is 35.1 Å². The normalized spacial score (nSPS) is 13.6. The summed E-state index contributed by atoms with van der Waals surface area (Å²) in [6.07, 6.45) is 4.69. The van der Waals surface area contributed by atoms with E-state index < -0.39 is 0 Å². The number of aromatic nitrogens is 2. The Labute approximate surface area is 167 Å². The van der Waals surface area contributed by atoms with Crippen molar-refractivity contribution in [2.24, 2.45) is 7.05 Å². The van der Waals surface area contributed by atoms with Gasteiger partial charge in [-0.25, -0.2) is 4.98 Å². The summed E-state index contributed by atoms with van der Waals surface area (Å²) in [5, 5.41) is 3.55. The van der Waals surface area contributed by atoms with Gasteiger partial charge in [0.2, 0.25) is 0 Å². The largest absolute Gasteiger partial charge is 0.371 e. The molecule has 0 saturated heterocycles. The van der Waals surface area contributed by atoms with Crippen molar-refractivity contribution >= 4 is 33.1 Å². The zero-order valence-electron chi connectivity index (χ0n) is 16.2. The van der Waals surface area contributed by atoms with Crippen LogP contribution < -0.4 is 15.8 Å². The van der Waals surface area contributed by atoms with Gasteiger partial charge in [0.05, 0.1) is 16.6 Å². The Balaban J connectivity index is 1.38. The van der Waals surface area contributed by atoms with E-state index in [0.717, 1.165) is 31.5 Å². The SMILES string of the molecule is Cc1c(C(=O)NCCCN2CCCc3ccccc32)sc2ncn(C)c(=O)c12. The van der Waals surface area contributed by atoms with Crippen molar-refractivity contribution in [2.75, 3.05) is 24.5 Å². The molecule has 0 saturated carbocycles. The third-order valence-electron chi connectivity index (χ3n) is 5.31. The van der Waals surface area contributed by atoms with Crippen molar-refractivity contribution in [3.63, 3.8) is 0 Å². The molecule has 1 N–H and O–H groups in total. The Morgan fingerprint density at radius 1 is 1.32 bits per heavy atom. The number of nitrogens with zero attached hydrogens (tertiary/aromatic N) is 3. The number of thiophene rings is 1. The minimum Gasteiger partial charge on any atom is -0.371 e. The number of nitrogens with one attached hydrogen (secondary N) is 1. The topological polar surface area (TPSA) is 67.2 Å². The first kappa shape index (κ1) is 18.7. The number of hydrogen-bond donors (Lipinski definition) is 1. The van der Waals surface area contributed by atoms with E-state index in [4.69, 9.17) is 0 Å². The van der Waals surface area contributed by atoms with Crippen molar-refractivity contribution in [3.8, 4) is 0 Å². The van der Waals surface area contributed by atoms with Crippen molar-refractivity contribution in [1.82, 2.24) is 14.9 Å². The fourth-order valence-corrected chi connectivity index (χ4v) is 4.88. The standard InChI is InChI=1S/C21H24N4O2S/c1-14-17-20(23-13-24(2)21(17)27)28-18(14)19(26)22-10-6-12-25-11-5-8-15-7-3-4-9-16(15)25/h3-4,7,9,13H,5-6,8,10-12H2,1-2H3,(H,22,26). The predicted octanol–water partition coefficient (Wildman–Crippen LogP) is 2.88. The Kier molecular flexibility index (Phi) is 5.17. The predicted molar refractivity (Wildman–Crippen MR) is 114 cm³/mol. The maximum absolute atomic E-state index is 12.6. The second-order valence-corrected chi connectivity index (χ2v) is 8.22. The Morgan fingerprint density at radius 3 is 3.00 bits per heavy atom. The molecule has 0 radical (unpaired) electrons. The van der Waals surface area contributed by atoms with Crippen LogP contribution in [0.25, 0.3) is 10.2 Å². The molecular formula is C21H24N4O2S. The summed E-state index contributed by atoms with van der Waals surface area (Å²) in [7, 11) is 1.67. The second kappa shape index (κ2) is 7.75. The fourth-order valence-electron chi connectivity index (χ4n) is 3.82. The Hall–Kier alpha value is -2.67. The molecule has 0 unspecified atom stereocenters. The van der Waals surface area contributed by atoms with Gasteiger partial charge in [-0.3, -0.25) is 9.59 Å². The first-order valence-electron chi connectivity index (χ1n) is 9.62. The Morgan fingerprint density at radius 2 is 2.14 bits per heavy atom. The lowest BCUT2D eigenvalue weighted by atomic mass is 10.0. The van der Waals surface area contributed by atoms with E-state index in [-0.39, 0.29) is 11.5 Å². The van der Waals surface area contributed by atoms with Crippen molar-refractivity contribution in [2.45, 2.75) is 26.2 Å². The molecule has 0 spiro atoms. The highest BCUT2D eigenvalue weighted by Gasteiger charge is 2.19. The monoisotopic (exact) mass is 396 g/mol. The third-order valence-corrected chi connectivity index (χ3v) is 6.51. The molecule has 1 amide bonds. The summed E-state index contributed by atoms with van der Waals surface area (Å²) in [6, 6.07) is 8.56. The van der Waals surface area contributed by atoms with Gasteiger partial charge in [-0.2, -0.15) is 0 Å². The molecular weight excluding hydrogens is 372 g/mol. The molecule has 1 aromatic carbocycles. The lowest BCUT2D eigenvalue weighted by molar-refractivity contribution is 0.0957. The first-order chi connectivity index (χ1) is 13.6. The maximum Gasteiger partial charge on any atom is 0.262 e. The minimum absolute atomic E-state index is 0.110. The van der Waals surface area contributed by atoms with Crippen molar-refractivity contribution < 1.29 is 4.79 Å². The lowest BCUT2D eigenvalue weighted by Gasteiger charge is -2.31. The zero-order valence-corrected chi connectivity index (χ0v) is 17.0.